The van der Waals surface area contributed by atoms with Gasteiger partial charge in [-0.25, -0.2) is 4.79 Å². The number of cyclic esters (lactones) is 1. The lowest BCUT2D eigenvalue weighted by molar-refractivity contribution is -0.191. The first-order valence-electron chi connectivity index (χ1n) is 9.41. The molecule has 1 aliphatic heterocycles. The number of hydrogen-bond donors (Lipinski definition) is 0. The zero-order valence-electron chi connectivity index (χ0n) is 15.6. The van der Waals surface area contributed by atoms with Crippen LogP contribution in [0.25, 0.3) is 0 Å². The maximum atomic E-state index is 12.8. The van der Waals surface area contributed by atoms with Gasteiger partial charge in [-0.3, -0.25) is 4.79 Å². The molecule has 2 aliphatic carbocycles. The molecule has 0 bridgehead atoms. The van der Waals surface area contributed by atoms with Crippen LogP contribution >= 0.6 is 0 Å². The van der Waals surface area contributed by atoms with Crippen molar-refractivity contribution >= 4 is 11.9 Å². The molecule has 0 unspecified atom stereocenters. The van der Waals surface area contributed by atoms with E-state index in [1.54, 1.807) is 12.5 Å². The summed E-state index contributed by atoms with van der Waals surface area (Å²) in [6.07, 6.45) is 9.17. The topological polar surface area (TPSA) is 65.7 Å². The Morgan fingerprint density at radius 1 is 1.31 bits per heavy atom. The molecule has 1 saturated carbocycles. The second-order valence-electron chi connectivity index (χ2n) is 8.44. The molecule has 0 amide bonds. The third kappa shape index (κ3) is 2.36. The zero-order valence-corrected chi connectivity index (χ0v) is 15.6. The van der Waals surface area contributed by atoms with Gasteiger partial charge in [-0.2, -0.15) is 0 Å². The van der Waals surface area contributed by atoms with Gasteiger partial charge in [-0.05, 0) is 49.5 Å². The Balaban J connectivity index is 1.73. The molecule has 1 aromatic rings. The van der Waals surface area contributed by atoms with Crippen molar-refractivity contribution in [1.82, 2.24) is 0 Å². The van der Waals surface area contributed by atoms with Crippen LogP contribution in [0.2, 0.25) is 0 Å². The molecular formula is C21H26O5. The average Bonchev–Trinajstić information content (AvgIpc) is 3.14. The van der Waals surface area contributed by atoms with Gasteiger partial charge in [0.1, 0.15) is 6.10 Å². The van der Waals surface area contributed by atoms with Crippen molar-refractivity contribution in [2.24, 2.45) is 22.7 Å². The summed E-state index contributed by atoms with van der Waals surface area (Å²) < 4.78 is 16.0. The third-order valence-corrected chi connectivity index (χ3v) is 7.22. The molecule has 26 heavy (non-hydrogen) atoms. The quantitative estimate of drug-likeness (QED) is 0.741. The van der Waals surface area contributed by atoms with Crippen LogP contribution in [0.4, 0.5) is 0 Å². The fraction of sp³-hybridized carbons (Fsp3) is 0.619. The first-order chi connectivity index (χ1) is 12.4. The summed E-state index contributed by atoms with van der Waals surface area (Å²) in [6.45, 7) is 4.39. The predicted molar refractivity (Wildman–Crippen MR) is 93.9 cm³/mol. The molecule has 0 aromatic carbocycles. The van der Waals surface area contributed by atoms with Crippen molar-refractivity contribution in [3.8, 4) is 0 Å². The number of carbonyl (C=O) groups excluding carboxylic acids is 2. The summed E-state index contributed by atoms with van der Waals surface area (Å²) in [4.78, 5) is 25.2. The van der Waals surface area contributed by atoms with Crippen molar-refractivity contribution in [1.29, 1.82) is 0 Å². The van der Waals surface area contributed by atoms with Crippen molar-refractivity contribution in [2.75, 3.05) is 7.11 Å². The average molecular weight is 358 g/mol. The minimum Gasteiger partial charge on any atom is -0.472 e. The standard InChI is InChI=1S/C21H26O5/c1-20-9-7-15-19(23)26-16(13-8-10-25-12-13)11-21(15,2)17(20)6-4-5-14(20)18(22)24-3/h5,8,10,12,15-17H,4,6-7,9,11H2,1-3H3/t15-,16-,17+,20+,21+/m0/s1. The second kappa shape index (κ2) is 6.00. The van der Waals surface area contributed by atoms with Gasteiger partial charge in [0.2, 0.25) is 0 Å². The molecule has 140 valence electrons. The Kier molecular flexibility index (Phi) is 4.01. The van der Waals surface area contributed by atoms with Crippen LogP contribution in [0.1, 0.15) is 57.6 Å². The highest BCUT2D eigenvalue weighted by atomic mass is 16.5. The Labute approximate surface area is 153 Å². The molecular weight excluding hydrogens is 332 g/mol. The maximum absolute atomic E-state index is 12.8. The SMILES string of the molecule is COC(=O)C1=CCC[C@H]2[C@]3(C)C[C@@H](c4ccoc4)OC(=O)[C@@H]3CC[C@]12C. The maximum Gasteiger partial charge on any atom is 0.333 e. The van der Waals surface area contributed by atoms with Crippen LogP contribution in [0, 0.1) is 22.7 Å². The third-order valence-electron chi connectivity index (χ3n) is 7.22. The summed E-state index contributed by atoms with van der Waals surface area (Å²) >= 11 is 0. The lowest BCUT2D eigenvalue weighted by Gasteiger charge is -2.59. The summed E-state index contributed by atoms with van der Waals surface area (Å²) in [5, 5.41) is 0. The normalized spacial score (nSPS) is 39.3. The molecule has 0 spiro atoms. The van der Waals surface area contributed by atoms with Gasteiger partial charge in [-0.1, -0.05) is 19.9 Å². The largest absolute Gasteiger partial charge is 0.472 e. The summed E-state index contributed by atoms with van der Waals surface area (Å²) in [5.74, 6) is -0.207. The van der Waals surface area contributed by atoms with Crippen LogP contribution in [-0.2, 0) is 19.1 Å². The Bertz CT molecular complexity index is 748. The lowest BCUT2D eigenvalue weighted by atomic mass is 9.45. The van der Waals surface area contributed by atoms with E-state index in [0.29, 0.717) is 0 Å². The summed E-state index contributed by atoms with van der Waals surface area (Å²) in [7, 11) is 1.44. The van der Waals surface area contributed by atoms with Gasteiger partial charge in [-0.15, -0.1) is 0 Å². The van der Waals surface area contributed by atoms with Gasteiger partial charge >= 0.3 is 11.9 Å². The second-order valence-corrected chi connectivity index (χ2v) is 8.44. The van der Waals surface area contributed by atoms with E-state index in [1.165, 1.54) is 7.11 Å². The molecule has 2 fully saturated rings. The molecule has 5 nitrogen and oxygen atoms in total. The lowest BCUT2D eigenvalue weighted by Crippen LogP contribution is -2.56. The number of ether oxygens (including phenoxy) is 2. The van der Waals surface area contributed by atoms with E-state index >= 15 is 0 Å². The number of carbonyl (C=O) groups is 2. The highest BCUT2D eigenvalue weighted by molar-refractivity contribution is 5.90. The fourth-order valence-electron chi connectivity index (χ4n) is 5.92. The molecule has 4 rings (SSSR count). The molecule has 1 saturated heterocycles. The number of rotatable bonds is 2. The number of furan rings is 1. The van der Waals surface area contributed by atoms with Crippen molar-refractivity contribution in [2.45, 2.75) is 52.1 Å². The van der Waals surface area contributed by atoms with E-state index in [4.69, 9.17) is 13.9 Å². The predicted octanol–water partition coefficient (Wildman–Crippen LogP) is 4.20. The van der Waals surface area contributed by atoms with Crippen LogP contribution < -0.4 is 0 Å². The van der Waals surface area contributed by atoms with Crippen molar-refractivity contribution in [3.63, 3.8) is 0 Å². The van der Waals surface area contributed by atoms with Gasteiger partial charge in [0.15, 0.2) is 0 Å². The number of hydrogen-bond acceptors (Lipinski definition) is 5. The van der Waals surface area contributed by atoms with Crippen molar-refractivity contribution in [3.05, 3.63) is 35.8 Å². The fourth-order valence-corrected chi connectivity index (χ4v) is 5.92. The molecule has 3 aliphatic rings. The van der Waals surface area contributed by atoms with Crippen LogP contribution in [-0.4, -0.2) is 19.0 Å². The number of allylic oxidation sites excluding steroid dienone is 1. The molecule has 2 heterocycles. The van der Waals surface area contributed by atoms with E-state index in [9.17, 15) is 9.59 Å². The van der Waals surface area contributed by atoms with Gasteiger partial charge in [0.25, 0.3) is 0 Å². The zero-order chi connectivity index (χ0) is 18.5. The van der Waals surface area contributed by atoms with E-state index in [1.807, 2.05) is 12.1 Å². The van der Waals surface area contributed by atoms with E-state index in [2.05, 4.69) is 13.8 Å². The van der Waals surface area contributed by atoms with Crippen molar-refractivity contribution < 1.29 is 23.5 Å². The number of methoxy groups -OCH3 is 1. The Morgan fingerprint density at radius 3 is 2.81 bits per heavy atom. The van der Waals surface area contributed by atoms with Crippen LogP contribution in [0.5, 0.6) is 0 Å². The number of fused-ring (bicyclic) bond motifs is 3. The van der Waals surface area contributed by atoms with Gasteiger partial charge in [0.05, 0.1) is 25.6 Å². The molecule has 1 aromatic heterocycles. The minimum absolute atomic E-state index is 0.110. The van der Waals surface area contributed by atoms with Crippen LogP contribution in [0.15, 0.2) is 34.7 Å². The molecule has 5 heteroatoms. The summed E-state index contributed by atoms with van der Waals surface area (Å²) in [6, 6.07) is 1.87. The van der Waals surface area contributed by atoms with Crippen LogP contribution in [0.3, 0.4) is 0 Å². The molecule has 0 radical (unpaired) electrons. The van der Waals surface area contributed by atoms with Gasteiger partial charge in [0, 0.05) is 16.6 Å². The van der Waals surface area contributed by atoms with E-state index < -0.39 is 0 Å². The minimum atomic E-state index is -0.280. The monoisotopic (exact) mass is 358 g/mol. The first-order valence-corrected chi connectivity index (χ1v) is 9.41. The Morgan fingerprint density at radius 2 is 2.12 bits per heavy atom. The van der Waals surface area contributed by atoms with E-state index in [0.717, 1.165) is 43.2 Å². The highest BCUT2D eigenvalue weighted by Gasteiger charge is 2.61. The smallest absolute Gasteiger partial charge is 0.333 e. The first kappa shape index (κ1) is 17.4. The molecule has 5 atom stereocenters. The van der Waals surface area contributed by atoms with Gasteiger partial charge < -0.3 is 13.9 Å². The summed E-state index contributed by atoms with van der Waals surface area (Å²) in [5.41, 5.74) is 1.23. The molecule has 0 N–H and O–H groups in total. The Hall–Kier alpha value is -2.04. The number of esters is 2. The van der Waals surface area contributed by atoms with E-state index in [-0.39, 0.29) is 40.7 Å². The highest BCUT2D eigenvalue weighted by Crippen LogP contribution is 2.64.